The topological polar surface area (TPSA) is 77.2 Å². The van der Waals surface area contributed by atoms with E-state index in [4.69, 9.17) is 9.15 Å². The molecule has 0 aliphatic rings. The minimum Gasteiger partial charge on any atom is -0.457 e. The van der Waals surface area contributed by atoms with Gasteiger partial charge in [0.1, 0.15) is 11.5 Å². The molecule has 1 amide bonds. The summed E-state index contributed by atoms with van der Waals surface area (Å²) in [6.45, 7) is 1.98. The number of aromatic nitrogens is 2. The van der Waals surface area contributed by atoms with E-state index in [9.17, 15) is 4.79 Å². The summed E-state index contributed by atoms with van der Waals surface area (Å²) >= 11 is 0. The molecule has 1 heterocycles. The van der Waals surface area contributed by atoms with Gasteiger partial charge in [-0.15, -0.1) is 5.10 Å². The number of anilines is 1. The van der Waals surface area contributed by atoms with Gasteiger partial charge in [-0.2, -0.15) is 0 Å². The van der Waals surface area contributed by atoms with Crippen molar-refractivity contribution in [3.63, 3.8) is 0 Å². The molecule has 0 bridgehead atoms. The van der Waals surface area contributed by atoms with Gasteiger partial charge in [0.2, 0.25) is 5.89 Å². The molecule has 28 heavy (non-hydrogen) atoms. The average Bonchev–Trinajstić information content (AvgIpc) is 3.17. The molecule has 6 heteroatoms. The number of aryl methyl sites for hydroxylation is 1. The number of hydrogen-bond acceptors (Lipinski definition) is 5. The fourth-order valence-electron chi connectivity index (χ4n) is 2.66. The lowest BCUT2D eigenvalue weighted by Crippen LogP contribution is -2.12. The fourth-order valence-corrected chi connectivity index (χ4v) is 2.66. The summed E-state index contributed by atoms with van der Waals surface area (Å²) in [7, 11) is 0. The van der Waals surface area contributed by atoms with Crippen molar-refractivity contribution in [2.45, 2.75) is 6.92 Å². The van der Waals surface area contributed by atoms with E-state index in [1.807, 2.05) is 61.5 Å². The fraction of sp³-hybridized carbons (Fsp3) is 0.0455. The lowest BCUT2D eigenvalue weighted by Gasteiger charge is -2.07. The molecule has 0 saturated heterocycles. The van der Waals surface area contributed by atoms with Crippen LogP contribution in [0.2, 0.25) is 0 Å². The van der Waals surface area contributed by atoms with Gasteiger partial charge in [0.25, 0.3) is 5.91 Å². The summed E-state index contributed by atoms with van der Waals surface area (Å²) < 4.78 is 11.3. The Balaban J connectivity index is 1.48. The summed E-state index contributed by atoms with van der Waals surface area (Å²) in [5.74, 6) is 1.24. The maximum atomic E-state index is 12.5. The number of nitrogens with zero attached hydrogens (tertiary/aromatic N) is 2. The van der Waals surface area contributed by atoms with E-state index in [0.717, 1.165) is 11.1 Å². The van der Waals surface area contributed by atoms with E-state index in [-0.39, 0.29) is 11.9 Å². The molecular weight excluding hydrogens is 354 g/mol. The summed E-state index contributed by atoms with van der Waals surface area (Å²) in [6.07, 6.45) is 0. The van der Waals surface area contributed by atoms with Crippen LogP contribution in [0.5, 0.6) is 11.5 Å². The SMILES string of the molecule is Cc1cccc(-c2nnc(NC(=O)c3cccc(Oc4ccccc4)c3)o2)c1. The zero-order valence-corrected chi connectivity index (χ0v) is 15.1. The molecule has 0 unspecified atom stereocenters. The normalized spacial score (nSPS) is 10.5. The molecule has 0 saturated carbocycles. The highest BCUT2D eigenvalue weighted by molar-refractivity contribution is 6.03. The molecule has 6 nitrogen and oxygen atoms in total. The van der Waals surface area contributed by atoms with Crippen molar-refractivity contribution < 1.29 is 13.9 Å². The molecule has 1 aromatic heterocycles. The third-order valence-corrected chi connectivity index (χ3v) is 3.99. The third kappa shape index (κ3) is 4.07. The summed E-state index contributed by atoms with van der Waals surface area (Å²) in [6, 6.07) is 24.0. The molecule has 0 aliphatic heterocycles. The van der Waals surface area contributed by atoms with Crippen molar-refractivity contribution in [2.75, 3.05) is 5.32 Å². The van der Waals surface area contributed by atoms with E-state index in [2.05, 4.69) is 15.5 Å². The van der Waals surface area contributed by atoms with Crippen LogP contribution in [0.25, 0.3) is 11.5 Å². The van der Waals surface area contributed by atoms with Crippen molar-refractivity contribution in [3.05, 3.63) is 90.0 Å². The van der Waals surface area contributed by atoms with Crippen LogP contribution >= 0.6 is 0 Å². The molecule has 0 aliphatic carbocycles. The van der Waals surface area contributed by atoms with Crippen molar-refractivity contribution in [3.8, 4) is 23.0 Å². The van der Waals surface area contributed by atoms with E-state index in [1.165, 1.54) is 0 Å². The Morgan fingerprint density at radius 2 is 1.68 bits per heavy atom. The van der Waals surface area contributed by atoms with E-state index >= 15 is 0 Å². The van der Waals surface area contributed by atoms with Gasteiger partial charge in [-0.25, -0.2) is 0 Å². The number of ether oxygens (including phenoxy) is 1. The van der Waals surface area contributed by atoms with Gasteiger partial charge in [0.15, 0.2) is 0 Å². The van der Waals surface area contributed by atoms with Gasteiger partial charge >= 0.3 is 6.01 Å². The molecule has 138 valence electrons. The Kier molecular flexibility index (Phi) is 4.84. The van der Waals surface area contributed by atoms with E-state index in [1.54, 1.807) is 24.3 Å². The van der Waals surface area contributed by atoms with E-state index < -0.39 is 0 Å². The molecule has 0 spiro atoms. The number of amides is 1. The molecule has 4 aromatic rings. The first-order valence-corrected chi connectivity index (χ1v) is 8.72. The van der Waals surface area contributed by atoms with Gasteiger partial charge in [-0.05, 0) is 49.4 Å². The lowest BCUT2D eigenvalue weighted by atomic mass is 10.1. The third-order valence-electron chi connectivity index (χ3n) is 3.99. The predicted octanol–water partition coefficient (Wildman–Crippen LogP) is 5.09. The van der Waals surface area contributed by atoms with Gasteiger partial charge in [-0.1, -0.05) is 47.1 Å². The van der Waals surface area contributed by atoms with Crippen LogP contribution in [0.1, 0.15) is 15.9 Å². The van der Waals surface area contributed by atoms with Crippen LogP contribution in [-0.2, 0) is 0 Å². The van der Waals surface area contributed by atoms with Gasteiger partial charge in [0.05, 0.1) is 0 Å². The van der Waals surface area contributed by atoms with Crippen LogP contribution in [0, 0.1) is 6.92 Å². The highest BCUT2D eigenvalue weighted by atomic mass is 16.5. The van der Waals surface area contributed by atoms with Crippen LogP contribution in [-0.4, -0.2) is 16.1 Å². The second kappa shape index (κ2) is 7.75. The van der Waals surface area contributed by atoms with Crippen LogP contribution in [0.3, 0.4) is 0 Å². The van der Waals surface area contributed by atoms with Crippen molar-refractivity contribution in [2.24, 2.45) is 0 Å². The monoisotopic (exact) mass is 371 g/mol. The van der Waals surface area contributed by atoms with Crippen molar-refractivity contribution in [1.82, 2.24) is 10.2 Å². The smallest absolute Gasteiger partial charge is 0.322 e. The highest BCUT2D eigenvalue weighted by Gasteiger charge is 2.13. The Morgan fingerprint density at radius 1 is 0.893 bits per heavy atom. The first kappa shape index (κ1) is 17.5. The first-order chi connectivity index (χ1) is 13.7. The number of nitrogens with one attached hydrogen (secondary N) is 1. The van der Waals surface area contributed by atoms with Crippen molar-refractivity contribution in [1.29, 1.82) is 0 Å². The molecule has 0 fully saturated rings. The number of para-hydroxylation sites is 1. The van der Waals surface area contributed by atoms with Crippen LogP contribution in [0.4, 0.5) is 6.01 Å². The second-order valence-corrected chi connectivity index (χ2v) is 6.18. The van der Waals surface area contributed by atoms with Crippen molar-refractivity contribution >= 4 is 11.9 Å². The maximum Gasteiger partial charge on any atom is 0.322 e. The Bertz CT molecular complexity index is 1110. The average molecular weight is 371 g/mol. The largest absolute Gasteiger partial charge is 0.457 e. The Labute approximate surface area is 161 Å². The predicted molar refractivity (Wildman–Crippen MR) is 105 cm³/mol. The van der Waals surface area contributed by atoms with Crippen LogP contribution < -0.4 is 10.1 Å². The van der Waals surface area contributed by atoms with Gasteiger partial charge in [0, 0.05) is 11.1 Å². The number of carbonyl (C=O) groups is 1. The standard InChI is InChI=1S/C22H17N3O3/c1-15-7-5-9-17(13-15)21-24-25-22(28-21)23-20(26)16-8-6-12-19(14-16)27-18-10-3-2-4-11-18/h2-14H,1H3,(H,23,25,26). The minimum atomic E-state index is -0.363. The molecular formula is C22H17N3O3. The zero-order chi connectivity index (χ0) is 19.3. The second-order valence-electron chi connectivity index (χ2n) is 6.18. The summed E-state index contributed by atoms with van der Waals surface area (Å²) in [5, 5.41) is 10.5. The summed E-state index contributed by atoms with van der Waals surface area (Å²) in [4.78, 5) is 12.5. The number of rotatable bonds is 5. The van der Waals surface area contributed by atoms with Gasteiger partial charge in [-0.3, -0.25) is 10.1 Å². The molecule has 1 N–H and O–H groups in total. The quantitative estimate of drug-likeness (QED) is 0.529. The number of carbonyl (C=O) groups excluding carboxylic acids is 1. The lowest BCUT2D eigenvalue weighted by molar-refractivity contribution is 0.102. The minimum absolute atomic E-state index is 0.0379. The number of benzene rings is 3. The first-order valence-electron chi connectivity index (χ1n) is 8.72. The molecule has 3 aromatic carbocycles. The molecule has 0 atom stereocenters. The Hall–Kier alpha value is -3.93. The zero-order valence-electron chi connectivity index (χ0n) is 15.1. The Morgan fingerprint density at radius 3 is 2.50 bits per heavy atom. The maximum absolute atomic E-state index is 12.5. The molecule has 0 radical (unpaired) electrons. The van der Waals surface area contributed by atoms with Crippen LogP contribution in [0.15, 0.2) is 83.3 Å². The summed E-state index contributed by atoms with van der Waals surface area (Å²) in [5.41, 5.74) is 2.30. The number of hydrogen-bond donors (Lipinski definition) is 1. The van der Waals surface area contributed by atoms with Gasteiger partial charge < -0.3 is 9.15 Å². The van der Waals surface area contributed by atoms with E-state index in [0.29, 0.717) is 23.0 Å². The molecule has 4 rings (SSSR count). The highest BCUT2D eigenvalue weighted by Crippen LogP contribution is 2.23.